The Bertz CT molecular complexity index is 452. The van der Waals surface area contributed by atoms with Crippen LogP contribution in [0.3, 0.4) is 0 Å². The Morgan fingerprint density at radius 1 is 1.27 bits per heavy atom. The second kappa shape index (κ2) is 3.68. The van der Waals surface area contributed by atoms with Crippen molar-refractivity contribution < 1.29 is 4.74 Å². The van der Waals surface area contributed by atoms with E-state index in [0.29, 0.717) is 6.61 Å². The molecule has 1 N–H and O–H groups in total. The predicted molar refractivity (Wildman–Crippen MR) is 61.9 cm³/mol. The molecule has 1 aromatic heterocycles. The molecule has 76 valence electrons. The first kappa shape index (κ1) is 8.95. The summed E-state index contributed by atoms with van der Waals surface area (Å²) < 4.78 is 5.74. The van der Waals surface area contributed by atoms with E-state index in [1.165, 1.54) is 16.8 Å². The zero-order valence-electron chi connectivity index (χ0n) is 8.14. The van der Waals surface area contributed by atoms with Gasteiger partial charge in [-0.05, 0) is 22.9 Å². The molecular formula is C12H11NOS. The summed E-state index contributed by atoms with van der Waals surface area (Å²) in [6, 6.07) is 10.4. The van der Waals surface area contributed by atoms with Crippen LogP contribution in [0.2, 0.25) is 0 Å². The fourth-order valence-electron chi connectivity index (χ4n) is 1.75. The van der Waals surface area contributed by atoms with Crippen LogP contribution < -0.4 is 5.32 Å². The Hall–Kier alpha value is -1.32. The van der Waals surface area contributed by atoms with Gasteiger partial charge in [0, 0.05) is 16.8 Å². The molecule has 1 aliphatic heterocycles. The zero-order valence-corrected chi connectivity index (χ0v) is 8.96. The smallest absolute Gasteiger partial charge is 0.155 e. The van der Waals surface area contributed by atoms with Gasteiger partial charge >= 0.3 is 0 Å². The summed E-state index contributed by atoms with van der Waals surface area (Å²) >= 11 is 1.69. The lowest BCUT2D eigenvalue weighted by Crippen LogP contribution is -2.19. The number of benzene rings is 1. The number of thiophene rings is 1. The standard InChI is InChI=1S/C12H11NOS/c1-2-4-11-9(3-1)7-14-12(13-11)10-5-6-15-8-10/h1-6,8,12-13H,7H2/t12-/m1/s1. The van der Waals surface area contributed by atoms with E-state index in [0.717, 1.165) is 0 Å². The molecule has 3 heteroatoms. The van der Waals surface area contributed by atoms with Gasteiger partial charge in [0.2, 0.25) is 0 Å². The normalized spacial score (nSPS) is 19.3. The molecule has 1 aromatic carbocycles. The minimum atomic E-state index is 0.00569. The van der Waals surface area contributed by atoms with Crippen LogP contribution >= 0.6 is 11.3 Å². The Labute approximate surface area is 92.5 Å². The fraction of sp³-hybridized carbons (Fsp3) is 0.167. The topological polar surface area (TPSA) is 21.3 Å². The summed E-state index contributed by atoms with van der Waals surface area (Å²) in [4.78, 5) is 0. The van der Waals surface area contributed by atoms with Gasteiger partial charge in [-0.15, -0.1) is 0 Å². The summed E-state index contributed by atoms with van der Waals surface area (Å²) in [7, 11) is 0. The van der Waals surface area contributed by atoms with Gasteiger partial charge in [-0.3, -0.25) is 0 Å². The van der Waals surface area contributed by atoms with Crippen LogP contribution in [0.25, 0.3) is 0 Å². The van der Waals surface area contributed by atoms with Gasteiger partial charge < -0.3 is 10.1 Å². The third-order valence-corrected chi connectivity index (χ3v) is 3.26. The van der Waals surface area contributed by atoms with Crippen LogP contribution in [-0.4, -0.2) is 0 Å². The van der Waals surface area contributed by atoms with Crippen molar-refractivity contribution >= 4 is 17.0 Å². The molecule has 0 bridgehead atoms. The fourth-order valence-corrected chi connectivity index (χ4v) is 2.42. The second-order valence-corrected chi connectivity index (χ2v) is 4.33. The van der Waals surface area contributed by atoms with Gasteiger partial charge in [0.1, 0.15) is 0 Å². The SMILES string of the molecule is c1ccc2c(c1)CO[C@H](c1ccsc1)N2. The number of fused-ring (bicyclic) bond motifs is 1. The lowest BCUT2D eigenvalue weighted by molar-refractivity contribution is 0.0510. The molecule has 2 heterocycles. The molecular weight excluding hydrogens is 206 g/mol. The van der Waals surface area contributed by atoms with Crippen molar-refractivity contribution in [1.29, 1.82) is 0 Å². The van der Waals surface area contributed by atoms with Crippen LogP contribution in [0.15, 0.2) is 41.1 Å². The van der Waals surface area contributed by atoms with E-state index in [1.54, 1.807) is 11.3 Å². The van der Waals surface area contributed by atoms with Crippen molar-refractivity contribution in [3.63, 3.8) is 0 Å². The molecule has 2 nitrogen and oxygen atoms in total. The zero-order chi connectivity index (χ0) is 10.1. The first-order valence-corrected chi connectivity index (χ1v) is 5.86. The maximum atomic E-state index is 5.74. The molecule has 0 spiro atoms. The highest BCUT2D eigenvalue weighted by molar-refractivity contribution is 7.07. The van der Waals surface area contributed by atoms with E-state index in [1.807, 2.05) is 12.1 Å². The number of anilines is 1. The van der Waals surface area contributed by atoms with Crippen molar-refractivity contribution in [2.75, 3.05) is 5.32 Å². The van der Waals surface area contributed by atoms with E-state index in [-0.39, 0.29) is 6.23 Å². The molecule has 0 unspecified atom stereocenters. The minimum absolute atomic E-state index is 0.00569. The maximum absolute atomic E-state index is 5.74. The lowest BCUT2D eigenvalue weighted by Gasteiger charge is -2.26. The number of nitrogens with one attached hydrogen (secondary N) is 1. The summed E-state index contributed by atoms with van der Waals surface area (Å²) in [6.07, 6.45) is 0.00569. The van der Waals surface area contributed by atoms with E-state index < -0.39 is 0 Å². The van der Waals surface area contributed by atoms with Crippen LogP contribution in [0.5, 0.6) is 0 Å². The van der Waals surface area contributed by atoms with Gasteiger partial charge in [0.15, 0.2) is 6.23 Å². The molecule has 0 saturated carbocycles. The number of para-hydroxylation sites is 1. The highest BCUT2D eigenvalue weighted by Crippen LogP contribution is 2.30. The number of ether oxygens (including phenoxy) is 1. The van der Waals surface area contributed by atoms with Crippen molar-refractivity contribution in [1.82, 2.24) is 0 Å². The number of hydrogen-bond donors (Lipinski definition) is 1. The molecule has 15 heavy (non-hydrogen) atoms. The van der Waals surface area contributed by atoms with E-state index in [9.17, 15) is 0 Å². The van der Waals surface area contributed by atoms with Crippen LogP contribution in [0.1, 0.15) is 17.4 Å². The van der Waals surface area contributed by atoms with Crippen LogP contribution in [0, 0.1) is 0 Å². The molecule has 3 rings (SSSR count). The van der Waals surface area contributed by atoms with Gasteiger partial charge in [0.05, 0.1) is 6.61 Å². The minimum Gasteiger partial charge on any atom is -0.356 e. The van der Waals surface area contributed by atoms with Crippen molar-refractivity contribution in [3.05, 3.63) is 52.2 Å². The van der Waals surface area contributed by atoms with Gasteiger partial charge in [-0.1, -0.05) is 18.2 Å². The van der Waals surface area contributed by atoms with Crippen molar-refractivity contribution in [2.45, 2.75) is 12.8 Å². The number of rotatable bonds is 1. The Kier molecular flexibility index (Phi) is 2.19. The van der Waals surface area contributed by atoms with Crippen molar-refractivity contribution in [2.24, 2.45) is 0 Å². The summed E-state index contributed by atoms with van der Waals surface area (Å²) in [6.45, 7) is 0.684. The average Bonchev–Trinajstić information content (AvgIpc) is 2.82. The van der Waals surface area contributed by atoms with Crippen molar-refractivity contribution in [3.8, 4) is 0 Å². The largest absolute Gasteiger partial charge is 0.356 e. The van der Waals surface area contributed by atoms with E-state index >= 15 is 0 Å². The third-order valence-electron chi connectivity index (χ3n) is 2.56. The second-order valence-electron chi connectivity index (χ2n) is 3.55. The molecule has 1 aliphatic rings. The molecule has 0 fully saturated rings. The molecule has 0 amide bonds. The summed E-state index contributed by atoms with van der Waals surface area (Å²) in [5.41, 5.74) is 3.61. The highest BCUT2D eigenvalue weighted by atomic mass is 32.1. The van der Waals surface area contributed by atoms with E-state index in [2.05, 4.69) is 34.3 Å². The highest BCUT2D eigenvalue weighted by Gasteiger charge is 2.18. The summed E-state index contributed by atoms with van der Waals surface area (Å²) in [5.74, 6) is 0. The van der Waals surface area contributed by atoms with Gasteiger partial charge in [-0.25, -0.2) is 0 Å². The van der Waals surface area contributed by atoms with Gasteiger partial charge in [-0.2, -0.15) is 11.3 Å². The molecule has 0 radical (unpaired) electrons. The molecule has 2 aromatic rings. The first-order valence-electron chi connectivity index (χ1n) is 4.91. The molecule has 0 aliphatic carbocycles. The molecule has 1 atom stereocenters. The summed E-state index contributed by atoms with van der Waals surface area (Å²) in [5, 5.41) is 7.57. The molecule has 0 saturated heterocycles. The number of hydrogen-bond acceptors (Lipinski definition) is 3. The monoisotopic (exact) mass is 217 g/mol. The quantitative estimate of drug-likeness (QED) is 0.790. The van der Waals surface area contributed by atoms with Crippen LogP contribution in [-0.2, 0) is 11.3 Å². The van der Waals surface area contributed by atoms with Crippen LogP contribution in [0.4, 0.5) is 5.69 Å². The first-order chi connectivity index (χ1) is 7.43. The third kappa shape index (κ3) is 1.64. The van der Waals surface area contributed by atoms with E-state index in [4.69, 9.17) is 4.74 Å². The Morgan fingerprint density at radius 3 is 3.07 bits per heavy atom. The lowest BCUT2D eigenvalue weighted by atomic mass is 10.1. The Morgan fingerprint density at radius 2 is 2.20 bits per heavy atom. The maximum Gasteiger partial charge on any atom is 0.155 e. The van der Waals surface area contributed by atoms with Gasteiger partial charge in [0.25, 0.3) is 0 Å². The predicted octanol–water partition coefficient (Wildman–Crippen LogP) is 3.39. The average molecular weight is 217 g/mol. The Balaban J connectivity index is 1.89.